The molecule has 3 heterocycles. The highest BCUT2D eigenvalue weighted by molar-refractivity contribution is 5.90. The molecule has 3 aromatic heterocycles. The van der Waals surface area contributed by atoms with Crippen LogP contribution >= 0.6 is 0 Å². The Hall–Kier alpha value is -3.61. The maximum Gasteiger partial charge on any atom is 0.165 e. The Balaban J connectivity index is 1.35. The van der Waals surface area contributed by atoms with Crippen molar-refractivity contribution in [2.75, 3.05) is 0 Å². The fraction of sp³-hybridized carbons (Fsp3) is 0.323. The van der Waals surface area contributed by atoms with Crippen LogP contribution in [0, 0.1) is 5.92 Å². The highest BCUT2D eigenvalue weighted by Crippen LogP contribution is 2.50. The van der Waals surface area contributed by atoms with E-state index in [0.717, 1.165) is 50.3 Å². The number of aromatic nitrogens is 4. The first-order chi connectivity index (χ1) is 17.8. The number of nitrogens with zero attached hydrogens (tertiary/aromatic N) is 4. The van der Waals surface area contributed by atoms with Crippen LogP contribution < -0.4 is 5.73 Å². The first-order valence-electron chi connectivity index (χ1n) is 13.2. The van der Waals surface area contributed by atoms with Crippen LogP contribution in [0.3, 0.4) is 0 Å². The monoisotopic (exact) mass is 489 g/mol. The van der Waals surface area contributed by atoms with Crippen LogP contribution in [0.25, 0.3) is 39.1 Å². The van der Waals surface area contributed by atoms with Gasteiger partial charge in [-0.25, -0.2) is 9.97 Å². The number of fused-ring (bicyclic) bond motifs is 3. The van der Waals surface area contributed by atoms with Gasteiger partial charge >= 0.3 is 0 Å². The van der Waals surface area contributed by atoms with E-state index in [0.29, 0.717) is 18.8 Å². The minimum absolute atomic E-state index is 0.188. The van der Waals surface area contributed by atoms with Gasteiger partial charge in [0.25, 0.3) is 0 Å². The Bertz CT molecular complexity index is 1630. The van der Waals surface area contributed by atoms with E-state index in [-0.39, 0.29) is 5.92 Å². The molecule has 0 atom stereocenters. The summed E-state index contributed by atoms with van der Waals surface area (Å²) >= 11 is 0. The molecule has 7 rings (SSSR count). The van der Waals surface area contributed by atoms with Gasteiger partial charge in [-0.3, -0.25) is 0 Å². The fourth-order valence-electron chi connectivity index (χ4n) is 5.81. The average molecular weight is 490 g/mol. The summed E-state index contributed by atoms with van der Waals surface area (Å²) in [5, 5.41) is 16.6. The number of nitrogens with two attached hydrogens (primary N) is 1. The largest absolute Gasteiger partial charge is 0.389 e. The van der Waals surface area contributed by atoms with Gasteiger partial charge in [-0.1, -0.05) is 68.4 Å². The molecule has 0 bridgehead atoms. The maximum absolute atomic E-state index is 10.8. The normalized spacial score (nSPS) is 23.6. The highest BCUT2D eigenvalue weighted by atomic mass is 16.3. The lowest BCUT2D eigenvalue weighted by atomic mass is 9.58. The van der Waals surface area contributed by atoms with E-state index >= 15 is 0 Å². The van der Waals surface area contributed by atoms with Gasteiger partial charge in [0.2, 0.25) is 0 Å². The molecule has 5 aromatic rings. The van der Waals surface area contributed by atoms with Gasteiger partial charge in [-0.15, -0.1) is 0 Å². The number of hydrogen-bond donors (Lipinski definition) is 2. The molecule has 2 aliphatic carbocycles. The summed E-state index contributed by atoms with van der Waals surface area (Å²) in [6.45, 7) is 4.11. The number of hydrogen-bond acceptors (Lipinski definition) is 5. The summed E-state index contributed by atoms with van der Waals surface area (Å²) in [5.74, 6) is 0.739. The molecule has 2 aromatic carbocycles. The lowest BCUT2D eigenvalue weighted by Gasteiger charge is -2.53. The first kappa shape index (κ1) is 22.6. The smallest absolute Gasteiger partial charge is 0.165 e. The zero-order chi connectivity index (χ0) is 25.4. The molecule has 2 saturated carbocycles. The van der Waals surface area contributed by atoms with Gasteiger partial charge in [0, 0.05) is 40.2 Å². The van der Waals surface area contributed by atoms with E-state index in [4.69, 9.17) is 15.8 Å². The van der Waals surface area contributed by atoms with Crippen molar-refractivity contribution in [2.24, 2.45) is 11.7 Å². The van der Waals surface area contributed by atoms with Gasteiger partial charge in [0.1, 0.15) is 0 Å². The first-order valence-corrected chi connectivity index (χ1v) is 13.2. The molecule has 2 aliphatic rings. The minimum atomic E-state index is -0.684. The molecule has 37 heavy (non-hydrogen) atoms. The molecule has 0 unspecified atom stereocenters. The lowest BCUT2D eigenvalue weighted by Crippen LogP contribution is -2.62. The van der Waals surface area contributed by atoms with Crippen LogP contribution in [-0.4, -0.2) is 30.3 Å². The zero-order valence-corrected chi connectivity index (χ0v) is 21.2. The van der Waals surface area contributed by atoms with Crippen LogP contribution in [0.4, 0.5) is 0 Å². The van der Waals surface area contributed by atoms with E-state index in [1.807, 2.05) is 28.9 Å². The van der Waals surface area contributed by atoms with Crippen molar-refractivity contribution in [2.45, 2.75) is 56.6 Å². The van der Waals surface area contributed by atoms with E-state index < -0.39 is 11.1 Å². The Kier molecular flexibility index (Phi) is 4.85. The zero-order valence-electron chi connectivity index (χ0n) is 21.2. The van der Waals surface area contributed by atoms with Crippen molar-refractivity contribution < 1.29 is 5.11 Å². The topological polar surface area (TPSA) is 89.3 Å². The van der Waals surface area contributed by atoms with Gasteiger partial charge in [-0.05, 0) is 48.8 Å². The van der Waals surface area contributed by atoms with Crippen molar-refractivity contribution in [1.29, 1.82) is 0 Å². The standard InChI is InChI=1S/C31H31N5O/c1-19(2)31(37)17-30(32,18-31)24-12-10-22(11-13-24)28-25(20-6-4-3-5-7-20)14-23-16-33-27-15-26(21-8-9-21)35-36(27)29(23)34-28/h3-7,10-16,19,21,37H,8-9,17-18,32H2,1-2H3. The fourth-order valence-corrected chi connectivity index (χ4v) is 5.81. The summed E-state index contributed by atoms with van der Waals surface area (Å²) in [5.41, 5.74) is 13.4. The average Bonchev–Trinajstić information content (AvgIpc) is 3.65. The molecule has 0 saturated heterocycles. The molecule has 0 amide bonds. The molecule has 0 radical (unpaired) electrons. The van der Waals surface area contributed by atoms with Crippen LogP contribution in [0.1, 0.15) is 56.7 Å². The van der Waals surface area contributed by atoms with Crippen LogP contribution in [-0.2, 0) is 5.54 Å². The number of rotatable bonds is 5. The van der Waals surface area contributed by atoms with E-state index in [9.17, 15) is 5.11 Å². The number of aliphatic hydroxyl groups is 1. The second-order valence-corrected chi connectivity index (χ2v) is 11.4. The maximum atomic E-state index is 10.8. The summed E-state index contributed by atoms with van der Waals surface area (Å²) in [6, 6.07) is 23.0. The van der Waals surface area contributed by atoms with E-state index in [1.165, 1.54) is 12.8 Å². The molecular formula is C31H31N5O. The van der Waals surface area contributed by atoms with Crippen molar-refractivity contribution in [3.05, 3.63) is 84.2 Å². The molecule has 3 N–H and O–H groups in total. The van der Waals surface area contributed by atoms with Gasteiger partial charge in [0.15, 0.2) is 11.3 Å². The Labute approximate surface area is 216 Å². The molecule has 6 nitrogen and oxygen atoms in total. The summed E-state index contributed by atoms with van der Waals surface area (Å²) < 4.78 is 1.89. The van der Waals surface area contributed by atoms with E-state index in [2.05, 4.69) is 67.4 Å². The van der Waals surface area contributed by atoms with Gasteiger partial charge in [0.05, 0.1) is 17.0 Å². The predicted molar refractivity (Wildman–Crippen MR) is 146 cm³/mol. The Morgan fingerprint density at radius 1 is 0.973 bits per heavy atom. The molecule has 6 heteroatoms. The number of pyridine rings is 1. The third kappa shape index (κ3) is 3.66. The van der Waals surface area contributed by atoms with Crippen LogP contribution in [0.15, 0.2) is 72.9 Å². The van der Waals surface area contributed by atoms with E-state index in [1.54, 1.807) is 0 Å². The molecule has 186 valence electrons. The highest BCUT2D eigenvalue weighted by Gasteiger charge is 2.53. The summed E-state index contributed by atoms with van der Waals surface area (Å²) in [6.07, 6.45) is 5.45. The molecule has 0 aliphatic heterocycles. The molecular weight excluding hydrogens is 458 g/mol. The Morgan fingerprint density at radius 2 is 1.70 bits per heavy atom. The molecule has 2 fully saturated rings. The third-order valence-corrected chi connectivity index (χ3v) is 8.41. The van der Waals surface area contributed by atoms with Crippen LogP contribution in [0.5, 0.6) is 0 Å². The minimum Gasteiger partial charge on any atom is -0.389 e. The Morgan fingerprint density at radius 3 is 2.38 bits per heavy atom. The second-order valence-electron chi connectivity index (χ2n) is 11.4. The predicted octanol–water partition coefficient (Wildman–Crippen LogP) is 5.82. The SMILES string of the molecule is CC(C)C1(O)CC(N)(c2ccc(-c3nc4c(cnc5cc(C6CC6)nn54)cc3-c3ccccc3)cc2)C1. The van der Waals surface area contributed by atoms with Crippen molar-refractivity contribution in [1.82, 2.24) is 19.6 Å². The van der Waals surface area contributed by atoms with Crippen LogP contribution in [0.2, 0.25) is 0 Å². The van der Waals surface area contributed by atoms with Gasteiger partial charge < -0.3 is 10.8 Å². The van der Waals surface area contributed by atoms with Crippen molar-refractivity contribution >= 4 is 16.7 Å². The number of benzene rings is 2. The summed E-state index contributed by atoms with van der Waals surface area (Å²) in [4.78, 5) is 9.89. The second kappa shape index (κ2) is 7.94. The quantitative estimate of drug-likeness (QED) is 0.325. The third-order valence-electron chi connectivity index (χ3n) is 8.41. The van der Waals surface area contributed by atoms with Crippen molar-refractivity contribution in [3.63, 3.8) is 0 Å². The molecule has 0 spiro atoms. The summed E-state index contributed by atoms with van der Waals surface area (Å²) in [7, 11) is 0. The van der Waals surface area contributed by atoms with Gasteiger partial charge in [-0.2, -0.15) is 9.61 Å². The lowest BCUT2D eigenvalue weighted by molar-refractivity contribution is -0.122. The van der Waals surface area contributed by atoms with Crippen molar-refractivity contribution in [3.8, 4) is 22.4 Å².